The lowest BCUT2D eigenvalue weighted by molar-refractivity contribution is 0.598. The van der Waals surface area contributed by atoms with Crippen LogP contribution in [0.5, 0.6) is 0 Å². The smallest absolute Gasteiger partial charge is 0.238 e. The molecule has 3 rings (SSSR count). The van der Waals surface area contributed by atoms with E-state index >= 15 is 0 Å². The van der Waals surface area contributed by atoms with Crippen molar-refractivity contribution in [3.8, 4) is 6.07 Å². The maximum atomic E-state index is 11.2. The van der Waals surface area contributed by atoms with Gasteiger partial charge in [0.2, 0.25) is 16.0 Å². The van der Waals surface area contributed by atoms with E-state index in [1.165, 1.54) is 12.1 Å². The van der Waals surface area contributed by atoms with E-state index in [0.717, 1.165) is 16.6 Å². The third kappa shape index (κ3) is 3.31. The van der Waals surface area contributed by atoms with Crippen LogP contribution in [-0.2, 0) is 16.6 Å². The number of aromatic nitrogens is 2. The minimum Gasteiger partial charge on any atom is -0.352 e. The van der Waals surface area contributed by atoms with Crippen molar-refractivity contribution in [2.24, 2.45) is 5.14 Å². The summed E-state index contributed by atoms with van der Waals surface area (Å²) in [5.74, 6) is 0.575. The number of benzene rings is 2. The highest BCUT2D eigenvalue weighted by Gasteiger charge is 2.07. The molecule has 0 saturated carbocycles. The largest absolute Gasteiger partial charge is 0.352 e. The number of nitrogens with two attached hydrogens (primary N) is 1. The van der Waals surface area contributed by atoms with Crippen molar-refractivity contribution in [1.29, 1.82) is 5.26 Å². The second-order valence-electron chi connectivity index (χ2n) is 4.97. The molecule has 0 atom stereocenters. The Hall–Kier alpha value is -2.89. The second kappa shape index (κ2) is 5.72. The van der Waals surface area contributed by atoms with E-state index in [2.05, 4.69) is 21.4 Å². The molecule has 0 spiro atoms. The van der Waals surface area contributed by atoms with Crippen molar-refractivity contribution in [3.05, 3.63) is 53.6 Å². The average Bonchev–Trinajstić information content (AvgIpc) is 2.94. The fourth-order valence-electron chi connectivity index (χ4n) is 2.15. The molecule has 4 N–H and O–H groups in total. The van der Waals surface area contributed by atoms with Gasteiger partial charge in [-0.15, -0.1) is 0 Å². The third-order valence-electron chi connectivity index (χ3n) is 3.32. The summed E-state index contributed by atoms with van der Waals surface area (Å²) in [6.45, 7) is 0.468. The first-order chi connectivity index (χ1) is 11.0. The van der Waals surface area contributed by atoms with Gasteiger partial charge in [-0.3, -0.25) is 0 Å². The summed E-state index contributed by atoms with van der Waals surface area (Å²) in [4.78, 5) is 7.53. The number of H-pyrrole nitrogens is 1. The normalized spacial score (nSPS) is 11.3. The summed E-state index contributed by atoms with van der Waals surface area (Å²) in [5, 5.41) is 17.1. The highest BCUT2D eigenvalue weighted by Crippen LogP contribution is 2.16. The lowest BCUT2D eigenvalue weighted by Gasteiger charge is -2.04. The van der Waals surface area contributed by atoms with Gasteiger partial charge in [-0.05, 0) is 35.9 Å². The molecule has 0 radical (unpaired) electrons. The van der Waals surface area contributed by atoms with E-state index < -0.39 is 10.0 Å². The topological polar surface area (TPSA) is 125 Å². The number of primary sulfonamides is 1. The Kier molecular flexibility index (Phi) is 3.73. The molecular weight excluding hydrogens is 314 g/mol. The number of nitrogens with one attached hydrogen (secondary N) is 2. The summed E-state index contributed by atoms with van der Waals surface area (Å²) < 4.78 is 22.4. The van der Waals surface area contributed by atoms with Crippen LogP contribution in [0.25, 0.3) is 11.0 Å². The molecule has 0 aliphatic heterocycles. The van der Waals surface area contributed by atoms with E-state index in [9.17, 15) is 8.42 Å². The van der Waals surface area contributed by atoms with Gasteiger partial charge in [-0.1, -0.05) is 12.1 Å². The van der Waals surface area contributed by atoms with Gasteiger partial charge in [0.15, 0.2) is 0 Å². The Morgan fingerprint density at radius 1 is 1.22 bits per heavy atom. The predicted octanol–water partition coefficient (Wildman–Crippen LogP) is 1.69. The van der Waals surface area contributed by atoms with Gasteiger partial charge in [-0.2, -0.15) is 5.26 Å². The number of fused-ring (bicyclic) bond motifs is 1. The molecule has 0 aliphatic carbocycles. The van der Waals surface area contributed by atoms with E-state index in [1.807, 2.05) is 0 Å². The standard InChI is InChI=1S/C15H13N5O2S/c16-8-11-3-6-13-14(7-11)20-15(19-13)18-9-10-1-4-12(5-2-10)23(17,21)22/h1-7H,9H2,(H2,17,21,22)(H2,18,19,20). The molecule has 0 amide bonds. The summed E-state index contributed by atoms with van der Waals surface area (Å²) in [5.41, 5.74) is 2.98. The van der Waals surface area contributed by atoms with Crippen molar-refractivity contribution in [2.45, 2.75) is 11.4 Å². The number of nitriles is 1. The number of rotatable bonds is 4. The van der Waals surface area contributed by atoms with Crippen LogP contribution in [0.2, 0.25) is 0 Å². The first-order valence-electron chi connectivity index (χ1n) is 6.71. The SMILES string of the molecule is N#Cc1ccc2nc(NCc3ccc(S(N)(=O)=O)cc3)[nH]c2c1. The van der Waals surface area contributed by atoms with E-state index in [1.54, 1.807) is 30.3 Å². The van der Waals surface area contributed by atoms with Gasteiger partial charge >= 0.3 is 0 Å². The summed E-state index contributed by atoms with van der Waals surface area (Å²) in [7, 11) is -3.68. The first kappa shape index (κ1) is 15.0. The van der Waals surface area contributed by atoms with Crippen LogP contribution in [0, 0.1) is 11.3 Å². The van der Waals surface area contributed by atoms with E-state index in [0.29, 0.717) is 18.1 Å². The highest BCUT2D eigenvalue weighted by atomic mass is 32.2. The number of nitrogens with zero attached hydrogens (tertiary/aromatic N) is 2. The Morgan fingerprint density at radius 2 is 1.96 bits per heavy atom. The molecule has 0 bridgehead atoms. The zero-order chi connectivity index (χ0) is 16.4. The Bertz CT molecular complexity index is 1000. The third-order valence-corrected chi connectivity index (χ3v) is 4.25. The molecule has 7 nitrogen and oxygen atoms in total. The summed E-state index contributed by atoms with van der Waals surface area (Å²) in [6, 6.07) is 13.6. The average molecular weight is 327 g/mol. The number of aromatic amines is 1. The van der Waals surface area contributed by atoms with Crippen molar-refractivity contribution in [2.75, 3.05) is 5.32 Å². The summed E-state index contributed by atoms with van der Waals surface area (Å²) >= 11 is 0. The molecule has 1 aromatic heterocycles. The molecule has 0 saturated heterocycles. The van der Waals surface area contributed by atoms with Crippen LogP contribution >= 0.6 is 0 Å². The number of hydrogen-bond donors (Lipinski definition) is 3. The fourth-order valence-corrected chi connectivity index (χ4v) is 2.66. The molecule has 2 aromatic carbocycles. The van der Waals surface area contributed by atoms with Gasteiger partial charge in [-0.25, -0.2) is 18.5 Å². The zero-order valence-electron chi connectivity index (χ0n) is 11.9. The van der Waals surface area contributed by atoms with E-state index in [-0.39, 0.29) is 4.90 Å². The van der Waals surface area contributed by atoms with Crippen LogP contribution in [0.3, 0.4) is 0 Å². The molecule has 1 heterocycles. The van der Waals surface area contributed by atoms with Crippen LogP contribution < -0.4 is 10.5 Å². The summed E-state index contributed by atoms with van der Waals surface area (Å²) in [6.07, 6.45) is 0. The highest BCUT2D eigenvalue weighted by molar-refractivity contribution is 7.89. The minimum atomic E-state index is -3.68. The quantitative estimate of drug-likeness (QED) is 0.672. The monoisotopic (exact) mass is 327 g/mol. The first-order valence-corrected chi connectivity index (χ1v) is 8.26. The van der Waals surface area contributed by atoms with Crippen LogP contribution in [0.15, 0.2) is 47.4 Å². The lowest BCUT2D eigenvalue weighted by Crippen LogP contribution is -2.12. The van der Waals surface area contributed by atoms with Crippen LogP contribution in [0.4, 0.5) is 5.95 Å². The molecule has 0 aliphatic rings. The molecular formula is C15H13N5O2S. The van der Waals surface area contributed by atoms with Gasteiger partial charge in [0.1, 0.15) is 0 Å². The van der Waals surface area contributed by atoms with E-state index in [4.69, 9.17) is 10.4 Å². The Balaban J connectivity index is 1.74. The maximum absolute atomic E-state index is 11.2. The molecule has 116 valence electrons. The number of anilines is 1. The molecule has 23 heavy (non-hydrogen) atoms. The van der Waals surface area contributed by atoms with Gasteiger partial charge in [0, 0.05) is 6.54 Å². The van der Waals surface area contributed by atoms with Gasteiger partial charge in [0.25, 0.3) is 0 Å². The maximum Gasteiger partial charge on any atom is 0.238 e. The fraction of sp³-hybridized carbons (Fsp3) is 0.0667. The van der Waals surface area contributed by atoms with Crippen molar-refractivity contribution >= 4 is 27.0 Å². The van der Waals surface area contributed by atoms with Crippen molar-refractivity contribution in [3.63, 3.8) is 0 Å². The molecule has 3 aromatic rings. The van der Waals surface area contributed by atoms with Gasteiger partial charge < -0.3 is 10.3 Å². The second-order valence-corrected chi connectivity index (χ2v) is 6.53. The zero-order valence-corrected chi connectivity index (χ0v) is 12.8. The lowest BCUT2D eigenvalue weighted by atomic mass is 10.2. The molecule has 0 fully saturated rings. The predicted molar refractivity (Wildman–Crippen MR) is 86.0 cm³/mol. The van der Waals surface area contributed by atoms with Crippen molar-refractivity contribution < 1.29 is 8.42 Å². The molecule has 0 unspecified atom stereocenters. The molecule has 8 heteroatoms. The number of hydrogen-bond acceptors (Lipinski definition) is 5. The Labute approximate surface area is 132 Å². The minimum absolute atomic E-state index is 0.0778. The number of imidazole rings is 1. The Morgan fingerprint density at radius 3 is 2.61 bits per heavy atom. The van der Waals surface area contributed by atoms with Crippen molar-refractivity contribution in [1.82, 2.24) is 9.97 Å². The van der Waals surface area contributed by atoms with Crippen LogP contribution in [0.1, 0.15) is 11.1 Å². The van der Waals surface area contributed by atoms with Gasteiger partial charge in [0.05, 0.1) is 27.6 Å². The van der Waals surface area contributed by atoms with Crippen LogP contribution in [-0.4, -0.2) is 18.4 Å². The number of sulfonamides is 1.